The molecule has 0 saturated heterocycles. The largest absolute Gasteiger partial charge is 0.416 e. The molecular formula is C30H40F3N5O7. The monoisotopic (exact) mass is 639 g/mol. The molecule has 0 aliphatic heterocycles. The van der Waals surface area contributed by atoms with Crippen LogP contribution in [0, 0.1) is 0 Å². The molecule has 3 atom stereocenters. The topological polar surface area (TPSA) is 200 Å². The van der Waals surface area contributed by atoms with Gasteiger partial charge in [-0.15, -0.1) is 0 Å². The van der Waals surface area contributed by atoms with Gasteiger partial charge in [0, 0.05) is 18.4 Å². The van der Waals surface area contributed by atoms with Crippen LogP contribution < -0.4 is 27.0 Å². The van der Waals surface area contributed by atoms with Gasteiger partial charge in [0.2, 0.25) is 23.6 Å². The number of hydrogen-bond acceptors (Lipinski definition) is 7. The fourth-order valence-corrected chi connectivity index (χ4v) is 3.71. The fraction of sp³-hybridized carbons (Fsp3) is 0.433. The number of benzene rings is 2. The van der Waals surface area contributed by atoms with Crippen LogP contribution in [0.25, 0.3) is 0 Å². The first-order valence-electron chi connectivity index (χ1n) is 14.1. The standard InChI is InChI=1S/C27H32F3N5O7.C3H8/c28-27(29,30)24(40)19(10-11-21(31)37)34-22(38)14-33-26(42)20(12-16-4-2-1-3-5-16)35-23(39)13-32-25(41)18-8-6-17(15-36)7-9-18;1-3-2/h1-9,19-20,24,36,40H,10-15H2,(H2,31,37)(H,32,41)(H,33,42)(H,34,38)(H,35,39);3H2,1-2H3/t19?,20-,24?;/m0./s1. The number of amides is 5. The van der Waals surface area contributed by atoms with E-state index in [0.29, 0.717) is 11.1 Å². The predicted molar refractivity (Wildman–Crippen MR) is 158 cm³/mol. The zero-order valence-electron chi connectivity index (χ0n) is 25.0. The smallest absolute Gasteiger partial charge is 0.392 e. The van der Waals surface area contributed by atoms with Crippen molar-refractivity contribution in [3.05, 3.63) is 71.3 Å². The lowest BCUT2D eigenvalue weighted by atomic mass is 10.0. The van der Waals surface area contributed by atoms with Crippen molar-refractivity contribution in [2.75, 3.05) is 13.1 Å². The van der Waals surface area contributed by atoms with E-state index in [1.165, 1.54) is 30.7 Å². The van der Waals surface area contributed by atoms with Crippen molar-refractivity contribution in [3.8, 4) is 0 Å². The van der Waals surface area contributed by atoms with Crippen molar-refractivity contribution in [1.82, 2.24) is 21.3 Å². The molecule has 2 unspecified atom stereocenters. The van der Waals surface area contributed by atoms with Crippen LogP contribution in [0.15, 0.2) is 54.6 Å². The average Bonchev–Trinajstić information content (AvgIpc) is 3.00. The molecule has 0 aromatic heterocycles. The minimum Gasteiger partial charge on any atom is -0.392 e. The molecule has 8 N–H and O–H groups in total. The van der Waals surface area contributed by atoms with E-state index in [-0.39, 0.29) is 18.6 Å². The van der Waals surface area contributed by atoms with Crippen LogP contribution in [0.4, 0.5) is 13.2 Å². The van der Waals surface area contributed by atoms with E-state index >= 15 is 0 Å². The van der Waals surface area contributed by atoms with Crippen LogP contribution in [-0.4, -0.2) is 77.2 Å². The highest BCUT2D eigenvalue weighted by atomic mass is 19.4. The molecule has 0 saturated carbocycles. The number of carbonyl (C=O) groups excluding carboxylic acids is 5. The number of rotatable bonds is 15. The van der Waals surface area contributed by atoms with Gasteiger partial charge in [0.15, 0.2) is 6.10 Å². The Balaban J connectivity index is 0.00000324. The summed E-state index contributed by atoms with van der Waals surface area (Å²) in [5, 5.41) is 27.7. The van der Waals surface area contributed by atoms with E-state index in [4.69, 9.17) is 10.8 Å². The Morgan fingerprint density at radius 3 is 1.93 bits per heavy atom. The Hall–Kier alpha value is -4.50. The fourth-order valence-electron chi connectivity index (χ4n) is 3.71. The summed E-state index contributed by atoms with van der Waals surface area (Å²) in [5.74, 6) is -4.20. The van der Waals surface area contributed by atoms with Crippen molar-refractivity contribution in [2.24, 2.45) is 5.73 Å². The number of aliphatic hydroxyl groups is 2. The summed E-state index contributed by atoms with van der Waals surface area (Å²) in [6.07, 6.45) is -7.99. The number of nitrogens with two attached hydrogens (primary N) is 1. The SMILES string of the molecule is CCC.NC(=O)CCC(NC(=O)CNC(=O)[C@H](Cc1ccccc1)NC(=O)CNC(=O)c1ccc(CO)cc1)C(O)C(F)(F)F. The maximum absolute atomic E-state index is 13.0. The lowest BCUT2D eigenvalue weighted by molar-refractivity contribution is -0.212. The van der Waals surface area contributed by atoms with E-state index in [1.807, 2.05) is 5.32 Å². The molecule has 2 rings (SSSR count). The third kappa shape index (κ3) is 15.2. The summed E-state index contributed by atoms with van der Waals surface area (Å²) < 4.78 is 39.0. The molecule has 2 aromatic rings. The first kappa shape index (κ1) is 38.5. The molecule has 0 heterocycles. The molecule has 0 aliphatic rings. The summed E-state index contributed by atoms with van der Waals surface area (Å²) in [6, 6.07) is 11.3. The van der Waals surface area contributed by atoms with Gasteiger partial charge < -0.3 is 37.2 Å². The van der Waals surface area contributed by atoms with E-state index in [2.05, 4.69) is 29.8 Å². The van der Waals surface area contributed by atoms with Gasteiger partial charge in [-0.2, -0.15) is 13.2 Å². The highest BCUT2D eigenvalue weighted by molar-refractivity contribution is 5.97. The summed E-state index contributed by atoms with van der Waals surface area (Å²) in [5.41, 5.74) is 6.41. The average molecular weight is 640 g/mol. The van der Waals surface area contributed by atoms with Gasteiger partial charge in [0.1, 0.15) is 6.04 Å². The number of carbonyl (C=O) groups is 5. The zero-order chi connectivity index (χ0) is 34.0. The van der Waals surface area contributed by atoms with E-state index in [9.17, 15) is 42.3 Å². The van der Waals surface area contributed by atoms with Gasteiger partial charge >= 0.3 is 6.18 Å². The minimum absolute atomic E-state index is 0.0232. The number of halogens is 3. The third-order valence-electron chi connectivity index (χ3n) is 5.93. The lowest BCUT2D eigenvalue weighted by Gasteiger charge is -2.26. The van der Waals surface area contributed by atoms with Crippen molar-refractivity contribution in [1.29, 1.82) is 0 Å². The first-order chi connectivity index (χ1) is 21.2. The van der Waals surface area contributed by atoms with Gasteiger partial charge in [0.05, 0.1) is 25.7 Å². The quantitative estimate of drug-likeness (QED) is 0.150. The maximum atomic E-state index is 13.0. The third-order valence-corrected chi connectivity index (χ3v) is 5.93. The molecule has 0 aliphatic carbocycles. The van der Waals surface area contributed by atoms with Crippen molar-refractivity contribution < 1.29 is 47.4 Å². The second-order valence-corrected chi connectivity index (χ2v) is 9.94. The Morgan fingerprint density at radius 1 is 0.844 bits per heavy atom. The Bertz CT molecular complexity index is 1240. The Labute approximate surface area is 258 Å². The molecule has 15 heteroatoms. The first-order valence-corrected chi connectivity index (χ1v) is 14.1. The van der Waals surface area contributed by atoms with Gasteiger partial charge in [-0.25, -0.2) is 0 Å². The highest BCUT2D eigenvalue weighted by Gasteiger charge is 2.44. The summed E-state index contributed by atoms with van der Waals surface area (Å²) in [7, 11) is 0. The van der Waals surface area contributed by atoms with E-state index in [1.54, 1.807) is 30.3 Å². The molecule has 12 nitrogen and oxygen atoms in total. The molecule has 45 heavy (non-hydrogen) atoms. The number of primary amides is 1. The number of aliphatic hydroxyl groups excluding tert-OH is 2. The summed E-state index contributed by atoms with van der Waals surface area (Å²) >= 11 is 0. The summed E-state index contributed by atoms with van der Waals surface area (Å²) in [4.78, 5) is 61.1. The molecular weight excluding hydrogens is 599 g/mol. The van der Waals surface area contributed by atoms with Crippen LogP contribution in [-0.2, 0) is 32.2 Å². The van der Waals surface area contributed by atoms with Crippen molar-refractivity contribution in [2.45, 2.75) is 70.5 Å². The molecule has 0 radical (unpaired) electrons. The molecule has 5 amide bonds. The number of hydrogen-bond donors (Lipinski definition) is 7. The number of alkyl halides is 3. The molecule has 0 spiro atoms. The second-order valence-electron chi connectivity index (χ2n) is 9.94. The van der Waals surface area contributed by atoms with E-state index in [0.717, 1.165) is 0 Å². The van der Waals surface area contributed by atoms with Crippen LogP contribution in [0.3, 0.4) is 0 Å². The zero-order valence-corrected chi connectivity index (χ0v) is 25.0. The predicted octanol–water partition coefficient (Wildman–Crippen LogP) is 0.842. The maximum Gasteiger partial charge on any atom is 0.416 e. The highest BCUT2D eigenvalue weighted by Crippen LogP contribution is 2.24. The lowest BCUT2D eigenvalue weighted by Crippen LogP contribution is -2.54. The Kier molecular flexibility index (Phi) is 16.9. The normalized spacial score (nSPS) is 12.8. The van der Waals surface area contributed by atoms with Gasteiger partial charge in [-0.3, -0.25) is 24.0 Å². The van der Waals surface area contributed by atoms with Crippen LogP contribution in [0.2, 0.25) is 0 Å². The van der Waals surface area contributed by atoms with Crippen molar-refractivity contribution in [3.63, 3.8) is 0 Å². The molecule has 0 bridgehead atoms. The van der Waals surface area contributed by atoms with Crippen LogP contribution in [0.5, 0.6) is 0 Å². The molecule has 2 aromatic carbocycles. The molecule has 0 fully saturated rings. The van der Waals surface area contributed by atoms with Gasteiger partial charge in [-0.05, 0) is 29.7 Å². The van der Waals surface area contributed by atoms with Crippen LogP contribution >= 0.6 is 0 Å². The van der Waals surface area contributed by atoms with Gasteiger partial charge in [0.25, 0.3) is 5.91 Å². The second kappa shape index (κ2) is 19.7. The van der Waals surface area contributed by atoms with Gasteiger partial charge in [-0.1, -0.05) is 62.7 Å². The van der Waals surface area contributed by atoms with E-state index < -0.39 is 79.8 Å². The van der Waals surface area contributed by atoms with Crippen LogP contribution in [0.1, 0.15) is 54.6 Å². The minimum atomic E-state index is -5.10. The number of nitrogens with one attached hydrogen (secondary N) is 4. The Morgan fingerprint density at radius 2 is 1.40 bits per heavy atom. The van der Waals surface area contributed by atoms with Crippen molar-refractivity contribution >= 4 is 29.5 Å². The summed E-state index contributed by atoms with van der Waals surface area (Å²) in [6.45, 7) is 2.73. The molecule has 248 valence electrons.